The topological polar surface area (TPSA) is 55.6 Å². The Labute approximate surface area is 107 Å². The Morgan fingerprint density at radius 2 is 2.21 bits per heavy atom. The molecule has 19 heavy (non-hydrogen) atoms. The monoisotopic (exact) mass is 278 g/mol. The fourth-order valence-electron chi connectivity index (χ4n) is 2.11. The number of carbonyl (C=O) groups is 1. The van der Waals surface area contributed by atoms with Crippen molar-refractivity contribution in [1.82, 2.24) is 10.1 Å². The van der Waals surface area contributed by atoms with Crippen molar-refractivity contribution in [2.24, 2.45) is 0 Å². The molecule has 1 aromatic rings. The molecule has 2 heterocycles. The van der Waals surface area contributed by atoms with E-state index in [4.69, 9.17) is 9.26 Å². The number of carbonyl (C=O) groups excluding carboxylic acids is 1. The standard InChI is InChI=1S/C11H13F3N2O3/c1-6-5-8(15-19-6)10(17)16-3-4-18-7(2)9(16)11(12,13)14/h5,7,9H,3-4H2,1-2H3/t7-,9-/m0/s1. The Morgan fingerprint density at radius 3 is 2.74 bits per heavy atom. The van der Waals surface area contributed by atoms with Crippen LogP contribution in [0, 0.1) is 6.92 Å². The van der Waals surface area contributed by atoms with Gasteiger partial charge in [-0.05, 0) is 13.8 Å². The SMILES string of the molecule is Cc1cc(C(=O)N2CCO[C@@H](C)[C@H]2C(F)(F)F)no1. The van der Waals surface area contributed by atoms with E-state index in [1.807, 2.05) is 0 Å². The summed E-state index contributed by atoms with van der Waals surface area (Å²) in [4.78, 5) is 12.8. The summed E-state index contributed by atoms with van der Waals surface area (Å²) in [6.07, 6.45) is -5.65. The minimum absolute atomic E-state index is 0.0658. The number of aryl methyl sites for hydroxylation is 1. The Bertz CT molecular complexity index is 472. The van der Waals surface area contributed by atoms with E-state index in [2.05, 4.69) is 5.16 Å². The second-order valence-corrected chi connectivity index (χ2v) is 4.38. The highest BCUT2D eigenvalue weighted by Crippen LogP contribution is 2.31. The van der Waals surface area contributed by atoms with Gasteiger partial charge in [0.05, 0.1) is 12.7 Å². The predicted octanol–water partition coefficient (Wildman–Crippen LogP) is 1.77. The molecule has 0 radical (unpaired) electrons. The summed E-state index contributed by atoms with van der Waals surface area (Å²) in [5, 5.41) is 3.46. The Hall–Kier alpha value is -1.57. The number of alkyl halides is 3. The van der Waals surface area contributed by atoms with Crippen LogP contribution >= 0.6 is 0 Å². The van der Waals surface area contributed by atoms with Crippen LogP contribution in [0.25, 0.3) is 0 Å². The van der Waals surface area contributed by atoms with Crippen LogP contribution in [0.1, 0.15) is 23.2 Å². The number of aromatic nitrogens is 1. The Kier molecular flexibility index (Phi) is 3.53. The quantitative estimate of drug-likeness (QED) is 0.785. The number of halogens is 3. The van der Waals surface area contributed by atoms with Gasteiger partial charge in [0.2, 0.25) is 0 Å². The molecule has 1 aliphatic rings. The van der Waals surface area contributed by atoms with Gasteiger partial charge in [0.1, 0.15) is 5.76 Å². The van der Waals surface area contributed by atoms with Crippen molar-refractivity contribution in [3.05, 3.63) is 17.5 Å². The zero-order valence-corrected chi connectivity index (χ0v) is 10.4. The maximum atomic E-state index is 13.0. The number of amides is 1. The molecular weight excluding hydrogens is 265 g/mol. The first-order chi connectivity index (χ1) is 8.80. The van der Waals surface area contributed by atoms with Crippen molar-refractivity contribution in [3.8, 4) is 0 Å². The third-order valence-corrected chi connectivity index (χ3v) is 2.94. The van der Waals surface area contributed by atoms with E-state index in [0.717, 1.165) is 4.90 Å². The number of ether oxygens (including phenoxy) is 1. The molecule has 0 N–H and O–H groups in total. The Balaban J connectivity index is 2.27. The van der Waals surface area contributed by atoms with Gasteiger partial charge >= 0.3 is 6.18 Å². The van der Waals surface area contributed by atoms with E-state index in [1.165, 1.54) is 13.0 Å². The van der Waals surface area contributed by atoms with Crippen LogP contribution in [0.4, 0.5) is 13.2 Å². The van der Waals surface area contributed by atoms with Gasteiger partial charge in [0, 0.05) is 12.6 Å². The Morgan fingerprint density at radius 1 is 1.53 bits per heavy atom. The molecule has 0 saturated carbocycles. The summed E-state index contributed by atoms with van der Waals surface area (Å²) in [7, 11) is 0. The summed E-state index contributed by atoms with van der Waals surface area (Å²) in [6, 6.07) is -0.652. The van der Waals surface area contributed by atoms with E-state index >= 15 is 0 Å². The van der Waals surface area contributed by atoms with Crippen molar-refractivity contribution in [2.45, 2.75) is 32.2 Å². The highest BCUT2D eigenvalue weighted by Gasteiger charge is 2.51. The average Bonchev–Trinajstić information content (AvgIpc) is 2.73. The molecule has 1 saturated heterocycles. The third kappa shape index (κ3) is 2.73. The third-order valence-electron chi connectivity index (χ3n) is 2.94. The van der Waals surface area contributed by atoms with Gasteiger partial charge in [-0.1, -0.05) is 5.16 Å². The lowest BCUT2D eigenvalue weighted by Crippen LogP contribution is -2.59. The van der Waals surface area contributed by atoms with Crippen molar-refractivity contribution >= 4 is 5.91 Å². The fraction of sp³-hybridized carbons (Fsp3) is 0.636. The molecule has 106 valence electrons. The summed E-state index contributed by atoms with van der Waals surface area (Å²) in [5.41, 5.74) is -0.124. The van der Waals surface area contributed by atoms with Gasteiger partial charge in [0.15, 0.2) is 11.7 Å². The highest BCUT2D eigenvalue weighted by molar-refractivity contribution is 5.92. The maximum absolute atomic E-state index is 13.0. The second kappa shape index (κ2) is 4.84. The number of morpholine rings is 1. The first-order valence-electron chi connectivity index (χ1n) is 5.73. The van der Waals surface area contributed by atoms with E-state index in [9.17, 15) is 18.0 Å². The van der Waals surface area contributed by atoms with Crippen LogP contribution in [0.5, 0.6) is 0 Å². The molecule has 0 aromatic carbocycles. The molecule has 0 spiro atoms. The van der Waals surface area contributed by atoms with E-state index in [0.29, 0.717) is 5.76 Å². The molecule has 0 unspecified atom stereocenters. The van der Waals surface area contributed by atoms with Crippen molar-refractivity contribution in [2.75, 3.05) is 13.2 Å². The van der Waals surface area contributed by atoms with E-state index < -0.39 is 24.2 Å². The van der Waals surface area contributed by atoms with Crippen molar-refractivity contribution in [3.63, 3.8) is 0 Å². The van der Waals surface area contributed by atoms with Crippen LogP contribution in [0.3, 0.4) is 0 Å². The number of hydrogen-bond acceptors (Lipinski definition) is 4. The molecule has 1 aliphatic heterocycles. The molecule has 2 atom stereocenters. The largest absolute Gasteiger partial charge is 0.411 e. The van der Waals surface area contributed by atoms with Gasteiger partial charge in [-0.3, -0.25) is 4.79 Å². The van der Waals surface area contributed by atoms with Crippen molar-refractivity contribution < 1.29 is 27.2 Å². The summed E-state index contributed by atoms with van der Waals surface area (Å²) >= 11 is 0. The molecule has 0 bridgehead atoms. The average molecular weight is 278 g/mol. The smallest absolute Gasteiger partial charge is 0.374 e. The molecule has 1 amide bonds. The lowest BCUT2D eigenvalue weighted by atomic mass is 10.1. The van der Waals surface area contributed by atoms with Gasteiger partial charge < -0.3 is 14.2 Å². The zero-order chi connectivity index (χ0) is 14.2. The summed E-state index contributed by atoms with van der Waals surface area (Å²) in [6.45, 7) is 2.80. The normalized spacial score (nSPS) is 24.6. The lowest BCUT2D eigenvalue weighted by molar-refractivity contribution is -0.220. The first-order valence-corrected chi connectivity index (χ1v) is 5.73. The minimum Gasteiger partial charge on any atom is -0.374 e. The summed E-state index contributed by atoms with van der Waals surface area (Å²) < 4.78 is 48.7. The van der Waals surface area contributed by atoms with Gasteiger partial charge in [-0.25, -0.2) is 0 Å². The minimum atomic E-state index is -4.55. The van der Waals surface area contributed by atoms with Crippen LogP contribution < -0.4 is 0 Å². The summed E-state index contributed by atoms with van der Waals surface area (Å²) in [5.74, 6) is -0.428. The molecule has 1 fully saturated rings. The molecule has 2 rings (SSSR count). The molecule has 0 aliphatic carbocycles. The van der Waals surface area contributed by atoms with Gasteiger partial charge in [-0.15, -0.1) is 0 Å². The molecule has 5 nitrogen and oxygen atoms in total. The zero-order valence-electron chi connectivity index (χ0n) is 10.4. The fourth-order valence-corrected chi connectivity index (χ4v) is 2.11. The molecular formula is C11H13F3N2O3. The lowest BCUT2D eigenvalue weighted by Gasteiger charge is -2.40. The highest BCUT2D eigenvalue weighted by atomic mass is 19.4. The number of hydrogen-bond donors (Lipinski definition) is 0. The van der Waals surface area contributed by atoms with Gasteiger partial charge in [-0.2, -0.15) is 13.2 Å². The van der Waals surface area contributed by atoms with E-state index in [-0.39, 0.29) is 18.8 Å². The second-order valence-electron chi connectivity index (χ2n) is 4.38. The van der Waals surface area contributed by atoms with Crippen LogP contribution in [0.15, 0.2) is 10.6 Å². The van der Waals surface area contributed by atoms with Crippen LogP contribution in [0.2, 0.25) is 0 Å². The van der Waals surface area contributed by atoms with Gasteiger partial charge in [0.25, 0.3) is 5.91 Å². The predicted molar refractivity (Wildman–Crippen MR) is 57.5 cm³/mol. The van der Waals surface area contributed by atoms with Crippen molar-refractivity contribution in [1.29, 1.82) is 0 Å². The van der Waals surface area contributed by atoms with E-state index in [1.54, 1.807) is 6.92 Å². The first kappa shape index (κ1) is 13.9. The number of nitrogens with zero attached hydrogens (tertiary/aromatic N) is 2. The molecule has 8 heteroatoms. The maximum Gasteiger partial charge on any atom is 0.411 e. The van der Waals surface area contributed by atoms with Crippen LogP contribution in [-0.4, -0.2) is 47.4 Å². The van der Waals surface area contributed by atoms with Crippen LogP contribution in [-0.2, 0) is 4.74 Å². The number of rotatable bonds is 1. The molecule has 1 aromatic heterocycles.